The fourth-order valence-corrected chi connectivity index (χ4v) is 10.2. The molecule has 2 atom stereocenters. The van der Waals surface area contributed by atoms with E-state index in [1.807, 2.05) is 54.5 Å². The number of rotatable bonds is 4. The Bertz CT molecular complexity index is 2710. The van der Waals surface area contributed by atoms with Crippen LogP contribution in [0, 0.1) is 26.0 Å². The third-order valence-electron chi connectivity index (χ3n) is 11.4. The number of nitrogens with zero attached hydrogens (tertiary/aromatic N) is 4. The predicted octanol–water partition coefficient (Wildman–Crippen LogP) is 11.3. The van der Waals surface area contributed by atoms with Crippen LogP contribution in [0.2, 0.25) is 0 Å². The molecule has 10 rings (SSSR count). The molecule has 0 radical (unpaired) electrons. The molecule has 2 aliphatic heterocycles. The van der Waals surface area contributed by atoms with Crippen LogP contribution in [-0.4, -0.2) is 25.6 Å². The van der Waals surface area contributed by atoms with Gasteiger partial charge in [0.1, 0.15) is 5.82 Å². The van der Waals surface area contributed by atoms with Crippen LogP contribution in [0.3, 0.4) is 0 Å². The van der Waals surface area contributed by atoms with Crippen molar-refractivity contribution in [2.45, 2.75) is 77.0 Å². The first kappa shape index (κ1) is 35.2. The normalized spacial score (nSPS) is 17.9. The summed E-state index contributed by atoms with van der Waals surface area (Å²) in [5.74, 6) is 2.23. The number of aryl methyl sites for hydroxylation is 2. The van der Waals surface area contributed by atoms with Crippen molar-refractivity contribution in [3.63, 3.8) is 0 Å². The molecule has 0 amide bonds. The number of fused-ring (bicyclic) bond motifs is 8. The van der Waals surface area contributed by atoms with E-state index in [2.05, 4.69) is 114 Å². The van der Waals surface area contributed by atoms with E-state index in [9.17, 15) is 0 Å². The Kier molecular flexibility index (Phi) is 8.16. The van der Waals surface area contributed by atoms with Crippen molar-refractivity contribution in [2.75, 3.05) is 0 Å². The van der Waals surface area contributed by atoms with E-state index >= 15 is 0 Å². The summed E-state index contributed by atoms with van der Waals surface area (Å²) < 4.78 is 9.13. The van der Waals surface area contributed by atoms with Crippen LogP contribution in [0.25, 0.3) is 38.9 Å². The van der Waals surface area contributed by atoms with Crippen LogP contribution in [0.15, 0.2) is 96.2 Å². The molecule has 0 saturated carbocycles. The van der Waals surface area contributed by atoms with Crippen LogP contribution >= 0.6 is 11.8 Å². The van der Waals surface area contributed by atoms with Gasteiger partial charge in [-0.1, -0.05) is 113 Å². The van der Waals surface area contributed by atoms with Crippen molar-refractivity contribution in [3.8, 4) is 28.6 Å². The summed E-state index contributed by atoms with van der Waals surface area (Å²) in [5.41, 5.74) is 13.9. The number of hydrogen-bond acceptors (Lipinski definition) is 5. The number of aliphatic imine (C=N–C) groups is 1. The van der Waals surface area contributed by atoms with Crippen molar-refractivity contribution >= 4 is 38.6 Å². The maximum Gasteiger partial charge on any atom is 2.00 e. The predicted molar refractivity (Wildman–Crippen MR) is 217 cm³/mol. The molecule has 4 aromatic carbocycles. The first-order chi connectivity index (χ1) is 25.5. The Balaban J connectivity index is 0.00000384. The van der Waals surface area contributed by atoms with E-state index in [1.54, 1.807) is 0 Å². The molecule has 3 aromatic heterocycles. The van der Waals surface area contributed by atoms with Gasteiger partial charge < -0.3 is 14.3 Å². The van der Waals surface area contributed by atoms with Crippen molar-refractivity contribution in [3.05, 3.63) is 148 Å². The van der Waals surface area contributed by atoms with Crippen molar-refractivity contribution in [1.29, 1.82) is 0 Å². The number of thioether (sulfide) groups is 1. The first-order valence-electron chi connectivity index (χ1n) is 18.5. The Labute approximate surface area is 335 Å². The Morgan fingerprint density at radius 3 is 2.50 bits per heavy atom. The molecule has 0 fully saturated rings. The standard InChI is InChI=1S/C47H40N4OS.Pt/c1-26-18-34-33-20-27(2)41(25-40(33)51-42(34)37(19-26)47(6,7)36-14-11-17-49-44(36)51)52-30-22-28(38-15-8-9-16-48-38)21-29(23-30)45-50-39-24-32-31(43(39)53-45)12-10-13-35(32)46(3,4)5;/h8-22,39,43H,24H2,1-7H3;/q-2;+2/t39-,43+;/m1./s1. The molecule has 5 heterocycles. The maximum atomic E-state index is 6.84. The van der Waals surface area contributed by atoms with Gasteiger partial charge in [0.15, 0.2) is 0 Å². The van der Waals surface area contributed by atoms with E-state index in [0.29, 0.717) is 16.7 Å². The Morgan fingerprint density at radius 2 is 1.70 bits per heavy atom. The summed E-state index contributed by atoms with van der Waals surface area (Å²) in [7, 11) is 0. The largest absolute Gasteiger partial charge is 2.00 e. The van der Waals surface area contributed by atoms with Crippen LogP contribution in [0.1, 0.15) is 84.4 Å². The summed E-state index contributed by atoms with van der Waals surface area (Å²) in [6.07, 6.45) is 4.68. The van der Waals surface area contributed by atoms with Crippen LogP contribution in [0.4, 0.5) is 0 Å². The van der Waals surface area contributed by atoms with Gasteiger partial charge in [-0.3, -0.25) is 4.98 Å². The molecular weight excluding hydrogens is 864 g/mol. The zero-order valence-corrected chi connectivity index (χ0v) is 34.5. The van der Waals surface area contributed by atoms with Crippen LogP contribution in [-0.2, 0) is 38.3 Å². The van der Waals surface area contributed by atoms with Gasteiger partial charge in [0.05, 0.1) is 11.7 Å². The number of ether oxygens (including phenoxy) is 1. The van der Waals surface area contributed by atoms with Gasteiger partial charge >= 0.3 is 21.1 Å². The zero-order valence-electron chi connectivity index (χ0n) is 31.4. The Morgan fingerprint density at radius 1 is 0.870 bits per heavy atom. The van der Waals surface area contributed by atoms with E-state index in [0.717, 1.165) is 50.6 Å². The monoisotopic (exact) mass is 903 g/mol. The smallest absolute Gasteiger partial charge is 0.503 e. The van der Waals surface area contributed by atoms with Gasteiger partial charge in [0, 0.05) is 50.7 Å². The summed E-state index contributed by atoms with van der Waals surface area (Å²) in [4.78, 5) is 15.0. The van der Waals surface area contributed by atoms with Gasteiger partial charge in [-0.2, -0.15) is 6.07 Å². The van der Waals surface area contributed by atoms with E-state index in [1.165, 1.54) is 44.3 Å². The van der Waals surface area contributed by atoms with Crippen molar-refractivity contribution in [1.82, 2.24) is 14.5 Å². The molecule has 0 N–H and O–H groups in total. The molecule has 0 unspecified atom stereocenters. The molecule has 54 heavy (non-hydrogen) atoms. The zero-order chi connectivity index (χ0) is 36.4. The average molecular weight is 904 g/mol. The van der Waals surface area contributed by atoms with Gasteiger partial charge in [-0.25, -0.2) is 4.98 Å². The molecule has 0 bridgehead atoms. The minimum absolute atomic E-state index is 0. The molecule has 7 aromatic rings. The molecule has 3 aliphatic rings. The minimum atomic E-state index is -0.194. The van der Waals surface area contributed by atoms with Gasteiger partial charge in [-0.05, 0) is 64.6 Å². The number of pyridine rings is 2. The second-order valence-electron chi connectivity index (χ2n) is 16.4. The third kappa shape index (κ3) is 5.35. The topological polar surface area (TPSA) is 52.3 Å². The van der Waals surface area contributed by atoms with Crippen LogP contribution < -0.4 is 4.74 Å². The average Bonchev–Trinajstić information content (AvgIpc) is 3.80. The number of benzene rings is 4. The fraction of sp³-hybridized carbons (Fsp3) is 0.255. The Hall–Kier alpha value is -4.51. The second kappa shape index (κ2) is 12.5. The molecule has 270 valence electrons. The second-order valence-corrected chi connectivity index (χ2v) is 17.5. The van der Waals surface area contributed by atoms with Crippen LogP contribution in [0.5, 0.6) is 11.5 Å². The molecular formula is C47H40N4OPtS. The number of aromatic nitrogens is 3. The maximum absolute atomic E-state index is 6.84. The summed E-state index contributed by atoms with van der Waals surface area (Å²) in [5, 5.41) is 3.66. The summed E-state index contributed by atoms with van der Waals surface area (Å²) in [6, 6.07) is 35.7. The van der Waals surface area contributed by atoms with Gasteiger partial charge in [-0.15, -0.1) is 40.4 Å². The number of hydrogen-bond donors (Lipinski definition) is 0. The summed E-state index contributed by atoms with van der Waals surface area (Å²) >= 11 is 1.85. The third-order valence-corrected chi connectivity index (χ3v) is 12.8. The summed E-state index contributed by atoms with van der Waals surface area (Å²) in [6.45, 7) is 15.8. The van der Waals surface area contributed by atoms with E-state index < -0.39 is 0 Å². The molecule has 0 saturated heterocycles. The SMILES string of the molecule is Cc1cc2c3c(c1)c1cc(C)c(Oc4[c-]c(C5=N[C@@H]6Cc7c(cccc7C(C)(C)C)[C@@H]6S5)cc(-c5ccccn5)c4)[c-]c1n3-c1ncccc1C2(C)C.[Pt+2]. The quantitative estimate of drug-likeness (QED) is 0.165. The minimum Gasteiger partial charge on any atom is -0.503 e. The molecule has 5 nitrogen and oxygen atoms in total. The molecule has 7 heteroatoms. The van der Waals surface area contributed by atoms with Crippen molar-refractivity contribution in [2.24, 2.45) is 4.99 Å². The van der Waals surface area contributed by atoms with Gasteiger partial charge in [0.2, 0.25) is 0 Å². The molecule has 1 aliphatic carbocycles. The van der Waals surface area contributed by atoms with E-state index in [-0.39, 0.29) is 37.9 Å². The fourth-order valence-electron chi connectivity index (χ4n) is 8.86. The van der Waals surface area contributed by atoms with Crippen molar-refractivity contribution < 1.29 is 25.8 Å². The first-order valence-corrected chi connectivity index (χ1v) is 19.4. The van der Waals surface area contributed by atoms with E-state index in [4.69, 9.17) is 19.7 Å². The molecule has 0 spiro atoms. The van der Waals surface area contributed by atoms with Gasteiger partial charge in [0.25, 0.3) is 0 Å².